The van der Waals surface area contributed by atoms with E-state index in [9.17, 15) is 14.4 Å². The minimum absolute atomic E-state index is 0.0204. The first kappa shape index (κ1) is 20.4. The van der Waals surface area contributed by atoms with Crippen LogP contribution in [0.2, 0.25) is 0 Å². The van der Waals surface area contributed by atoms with Crippen LogP contribution in [0.1, 0.15) is 34.2 Å². The number of likely N-dealkylation sites (N-methyl/N-ethyl adjacent to an activating group) is 2. The molecule has 0 saturated carbocycles. The lowest BCUT2D eigenvalue weighted by Crippen LogP contribution is -2.55. The summed E-state index contributed by atoms with van der Waals surface area (Å²) in [5.74, 6) is -0.223. The molecule has 9 heteroatoms. The molecule has 2 aromatic rings. The third-order valence-electron chi connectivity index (χ3n) is 6.69. The van der Waals surface area contributed by atoms with Gasteiger partial charge in [0.15, 0.2) is 0 Å². The van der Waals surface area contributed by atoms with Crippen LogP contribution in [-0.2, 0) is 9.53 Å². The van der Waals surface area contributed by atoms with Crippen LogP contribution in [0.4, 0.5) is 4.79 Å². The van der Waals surface area contributed by atoms with Crippen LogP contribution in [0.15, 0.2) is 24.3 Å². The van der Waals surface area contributed by atoms with Gasteiger partial charge in [-0.1, -0.05) is 18.2 Å². The summed E-state index contributed by atoms with van der Waals surface area (Å²) in [4.78, 5) is 44.0. The zero-order valence-corrected chi connectivity index (χ0v) is 18.5. The Morgan fingerprint density at radius 2 is 1.90 bits per heavy atom. The zero-order valence-electron chi connectivity index (χ0n) is 17.7. The van der Waals surface area contributed by atoms with Gasteiger partial charge in [-0.15, -0.1) is 11.3 Å². The number of rotatable bonds is 2. The predicted molar refractivity (Wildman–Crippen MR) is 117 cm³/mol. The number of likely N-dealkylation sites (tertiary alicyclic amines) is 1. The normalized spacial score (nSPS) is 24.3. The predicted octanol–water partition coefficient (Wildman–Crippen LogP) is 2.06. The maximum atomic E-state index is 13.6. The highest BCUT2D eigenvalue weighted by Gasteiger charge is 2.51. The van der Waals surface area contributed by atoms with Crippen molar-refractivity contribution in [1.82, 2.24) is 20.0 Å². The van der Waals surface area contributed by atoms with Gasteiger partial charge in [0.05, 0.1) is 17.6 Å². The monoisotopic (exact) mass is 442 g/mol. The Morgan fingerprint density at radius 1 is 1.16 bits per heavy atom. The molecule has 5 rings (SSSR count). The highest BCUT2D eigenvalue weighted by Crippen LogP contribution is 2.39. The van der Waals surface area contributed by atoms with Crippen LogP contribution in [0.5, 0.6) is 0 Å². The van der Waals surface area contributed by atoms with E-state index in [2.05, 4.69) is 23.3 Å². The highest BCUT2D eigenvalue weighted by molar-refractivity contribution is 7.21. The Kier molecular flexibility index (Phi) is 4.99. The Hall–Kier alpha value is -2.49. The average molecular weight is 443 g/mol. The van der Waals surface area contributed by atoms with Crippen LogP contribution in [0.3, 0.4) is 0 Å². The number of piperidine rings is 1. The van der Waals surface area contributed by atoms with E-state index in [1.807, 2.05) is 23.1 Å². The fraction of sp³-hybridized carbons (Fsp3) is 0.500. The molecule has 4 heterocycles. The van der Waals surface area contributed by atoms with Crippen LogP contribution in [0.25, 0.3) is 10.1 Å². The Labute approximate surface area is 184 Å². The number of carbonyl (C=O) groups excluding carboxylic acids is 3. The van der Waals surface area contributed by atoms with Crippen molar-refractivity contribution in [2.45, 2.75) is 24.5 Å². The smallest absolute Gasteiger partial charge is 0.324 e. The number of imide groups is 1. The number of fused-ring (bicyclic) bond motifs is 1. The third-order valence-corrected chi connectivity index (χ3v) is 7.86. The Balaban J connectivity index is 1.42. The molecule has 0 bridgehead atoms. The number of hydrogen-bond donors (Lipinski definition) is 1. The van der Waals surface area contributed by atoms with Gasteiger partial charge in [0.1, 0.15) is 5.54 Å². The van der Waals surface area contributed by atoms with Gasteiger partial charge in [-0.2, -0.15) is 0 Å². The molecule has 0 unspecified atom stereocenters. The van der Waals surface area contributed by atoms with E-state index >= 15 is 0 Å². The van der Waals surface area contributed by atoms with E-state index in [4.69, 9.17) is 4.74 Å². The lowest BCUT2D eigenvalue weighted by Gasteiger charge is -2.37. The molecule has 31 heavy (non-hydrogen) atoms. The maximum absolute atomic E-state index is 13.6. The molecule has 1 aromatic carbocycles. The summed E-state index contributed by atoms with van der Waals surface area (Å²) in [6.07, 6.45) is 0.710. The average Bonchev–Trinajstić information content (AvgIpc) is 3.26. The molecular formula is C22H26N4O4S. The largest absolute Gasteiger partial charge is 0.371 e. The molecule has 4 amide bonds. The van der Waals surface area contributed by atoms with Crippen molar-refractivity contribution in [3.63, 3.8) is 0 Å². The van der Waals surface area contributed by atoms with Crippen molar-refractivity contribution in [1.29, 1.82) is 0 Å². The van der Waals surface area contributed by atoms with Crippen LogP contribution >= 0.6 is 11.3 Å². The van der Waals surface area contributed by atoms with Crippen molar-refractivity contribution in [3.8, 4) is 0 Å². The molecule has 0 aliphatic carbocycles. The standard InChI is InChI=1S/C22H26N4O4S/c1-24-11-12-30-15(13-24)17-14-5-3-4-6-16(14)31-18(17)19(27)26-9-7-22(8-10-26)20(28)25(2)21(29)23-22/h3-6,15H,7-13H2,1-2H3,(H,23,29)/t15-/m1/s1. The van der Waals surface area contributed by atoms with Crippen molar-refractivity contribution in [3.05, 3.63) is 34.7 Å². The van der Waals surface area contributed by atoms with Crippen molar-refractivity contribution >= 4 is 39.3 Å². The molecule has 3 aliphatic rings. The van der Waals surface area contributed by atoms with E-state index in [1.54, 1.807) is 0 Å². The summed E-state index contributed by atoms with van der Waals surface area (Å²) in [5, 5.41) is 3.91. The zero-order chi connectivity index (χ0) is 21.8. The summed E-state index contributed by atoms with van der Waals surface area (Å²) in [6.45, 7) is 3.12. The Bertz CT molecular complexity index is 1060. The summed E-state index contributed by atoms with van der Waals surface area (Å²) in [5.41, 5.74) is 0.100. The molecule has 1 aromatic heterocycles. The second-order valence-electron chi connectivity index (χ2n) is 8.63. The van der Waals surface area contributed by atoms with Gasteiger partial charge in [-0.25, -0.2) is 4.79 Å². The number of thiophene rings is 1. The first-order valence-corrected chi connectivity index (χ1v) is 11.4. The van der Waals surface area contributed by atoms with E-state index < -0.39 is 5.54 Å². The second kappa shape index (κ2) is 7.58. The van der Waals surface area contributed by atoms with Crippen LogP contribution in [0, 0.1) is 0 Å². The van der Waals surface area contributed by atoms with E-state index in [0.717, 1.165) is 38.5 Å². The van der Waals surface area contributed by atoms with Crippen LogP contribution < -0.4 is 5.32 Å². The first-order chi connectivity index (χ1) is 14.9. The molecule has 1 spiro atoms. The van der Waals surface area contributed by atoms with Crippen molar-refractivity contribution < 1.29 is 19.1 Å². The maximum Gasteiger partial charge on any atom is 0.324 e. The second-order valence-corrected chi connectivity index (χ2v) is 9.68. The molecule has 3 aliphatic heterocycles. The fourth-order valence-electron chi connectivity index (χ4n) is 4.83. The molecule has 8 nitrogen and oxygen atoms in total. The summed E-state index contributed by atoms with van der Waals surface area (Å²) >= 11 is 1.51. The molecular weight excluding hydrogens is 416 g/mol. The Morgan fingerprint density at radius 3 is 2.58 bits per heavy atom. The molecule has 3 saturated heterocycles. The number of nitrogens with one attached hydrogen (secondary N) is 1. The van der Waals surface area contributed by atoms with Gasteiger partial charge in [-0.05, 0) is 31.3 Å². The molecule has 1 atom stereocenters. The third kappa shape index (κ3) is 3.31. The number of benzene rings is 1. The molecule has 3 fully saturated rings. The quantitative estimate of drug-likeness (QED) is 0.720. The molecule has 164 valence electrons. The van der Waals surface area contributed by atoms with Gasteiger partial charge < -0.3 is 19.9 Å². The fourth-order valence-corrected chi connectivity index (χ4v) is 6.05. The van der Waals surface area contributed by atoms with Crippen molar-refractivity contribution in [2.24, 2.45) is 0 Å². The minimum Gasteiger partial charge on any atom is -0.371 e. The SMILES string of the molecule is CN1CCO[C@@H](c2c(C(=O)N3CCC4(CC3)NC(=O)N(C)C4=O)sc3ccccc23)C1. The first-order valence-electron chi connectivity index (χ1n) is 10.6. The lowest BCUT2D eigenvalue weighted by atomic mass is 9.87. The number of morpholine rings is 1. The van der Waals surface area contributed by atoms with Crippen LogP contribution in [-0.4, -0.2) is 85.0 Å². The van der Waals surface area contributed by atoms with Gasteiger partial charge in [0, 0.05) is 43.5 Å². The lowest BCUT2D eigenvalue weighted by molar-refractivity contribution is -0.131. The number of urea groups is 1. The molecule has 0 radical (unpaired) electrons. The molecule has 1 N–H and O–H groups in total. The summed E-state index contributed by atoms with van der Waals surface area (Å²) < 4.78 is 7.16. The number of nitrogens with zero attached hydrogens (tertiary/aromatic N) is 3. The van der Waals surface area contributed by atoms with Gasteiger partial charge in [0.25, 0.3) is 11.8 Å². The summed E-state index contributed by atoms with van der Waals surface area (Å²) in [7, 11) is 3.56. The minimum atomic E-state index is -0.874. The van der Waals surface area contributed by atoms with Gasteiger partial charge >= 0.3 is 6.03 Å². The summed E-state index contributed by atoms with van der Waals surface area (Å²) in [6, 6.07) is 7.72. The van der Waals surface area contributed by atoms with Crippen molar-refractivity contribution in [2.75, 3.05) is 46.9 Å². The van der Waals surface area contributed by atoms with Gasteiger partial charge in [-0.3, -0.25) is 14.5 Å². The van der Waals surface area contributed by atoms with E-state index in [1.165, 1.54) is 18.4 Å². The highest BCUT2D eigenvalue weighted by atomic mass is 32.1. The number of carbonyl (C=O) groups is 3. The topological polar surface area (TPSA) is 82.2 Å². The number of amides is 4. The number of hydrogen-bond acceptors (Lipinski definition) is 6. The van der Waals surface area contributed by atoms with E-state index in [0.29, 0.717) is 32.5 Å². The van der Waals surface area contributed by atoms with E-state index in [-0.39, 0.29) is 23.9 Å². The van der Waals surface area contributed by atoms with Gasteiger partial charge in [0.2, 0.25) is 0 Å². The number of ether oxygens (including phenoxy) is 1.